The lowest BCUT2D eigenvalue weighted by Gasteiger charge is -2.05. The van der Waals surface area contributed by atoms with Crippen LogP contribution in [0.25, 0.3) is 0 Å². The van der Waals surface area contributed by atoms with Crippen LogP contribution in [0, 0.1) is 6.92 Å². The second-order valence-electron chi connectivity index (χ2n) is 4.53. The van der Waals surface area contributed by atoms with Crippen LogP contribution in [-0.2, 0) is 11.3 Å². The van der Waals surface area contributed by atoms with Gasteiger partial charge in [-0.1, -0.05) is 6.07 Å². The van der Waals surface area contributed by atoms with Gasteiger partial charge >= 0.3 is 5.97 Å². The zero-order chi connectivity index (χ0) is 15.2. The van der Waals surface area contributed by atoms with E-state index in [1.807, 2.05) is 0 Å². The maximum absolute atomic E-state index is 11.7. The van der Waals surface area contributed by atoms with Crippen LogP contribution in [0.1, 0.15) is 22.6 Å². The first-order chi connectivity index (χ1) is 10.1. The predicted molar refractivity (Wildman–Crippen MR) is 73.8 cm³/mol. The molecule has 0 bridgehead atoms. The Bertz CT molecular complexity index is 635. The van der Waals surface area contributed by atoms with Crippen molar-refractivity contribution < 1.29 is 36.7 Å². The van der Waals surface area contributed by atoms with Crippen LogP contribution in [0.15, 0.2) is 36.7 Å². The normalized spacial score (nSPS) is 9.86. The van der Waals surface area contributed by atoms with E-state index in [2.05, 4.69) is 4.98 Å². The van der Waals surface area contributed by atoms with Crippen molar-refractivity contribution in [2.45, 2.75) is 19.9 Å². The van der Waals surface area contributed by atoms with Crippen LogP contribution >= 0.6 is 0 Å². The molecule has 0 aliphatic carbocycles. The van der Waals surface area contributed by atoms with Crippen LogP contribution in [0.2, 0.25) is 0 Å². The summed E-state index contributed by atoms with van der Waals surface area (Å²) in [5, 5.41) is 19.0. The summed E-state index contributed by atoms with van der Waals surface area (Å²) in [6, 6.07) is 6.47. The van der Waals surface area contributed by atoms with Gasteiger partial charge in [0, 0.05) is 25.6 Å². The molecule has 0 aliphatic rings. The van der Waals surface area contributed by atoms with Crippen molar-refractivity contribution in [2.75, 3.05) is 6.61 Å². The number of pyridine rings is 2. The first kappa shape index (κ1) is 17.7. The third-order valence-electron chi connectivity index (χ3n) is 3.08. The lowest BCUT2D eigenvalue weighted by molar-refractivity contribution is -0.703. The molecule has 0 radical (unpaired) electrons. The van der Waals surface area contributed by atoms with E-state index in [0.717, 1.165) is 0 Å². The molecule has 0 atom stereocenters. The number of hydrogen-bond acceptors (Lipinski definition) is 5. The van der Waals surface area contributed by atoms with Crippen molar-refractivity contribution >= 4 is 5.97 Å². The molecule has 2 aromatic heterocycles. The van der Waals surface area contributed by atoms with E-state index in [9.17, 15) is 15.0 Å². The van der Waals surface area contributed by atoms with Crippen LogP contribution < -0.4 is 17.0 Å². The number of ether oxygens (including phenoxy) is 1. The summed E-state index contributed by atoms with van der Waals surface area (Å²) < 4.78 is 6.90. The summed E-state index contributed by atoms with van der Waals surface area (Å²) in [7, 11) is 0. The van der Waals surface area contributed by atoms with Gasteiger partial charge in [-0.3, -0.25) is 0 Å². The highest BCUT2D eigenvalue weighted by atomic mass is 35.5. The predicted octanol–water partition coefficient (Wildman–Crippen LogP) is -1.66. The Morgan fingerprint density at radius 1 is 1.32 bits per heavy atom. The molecule has 0 aliphatic heterocycles. The first-order valence-corrected chi connectivity index (χ1v) is 6.58. The molecular formula is C15H17ClN2O4. The lowest BCUT2D eigenvalue weighted by Crippen LogP contribution is -3.00. The molecule has 0 saturated carbocycles. The smallest absolute Gasteiger partial charge is 0.356 e. The standard InChI is InChI=1S/C15H16N2O4.ClH/c1-11-14(19)13(18)6-9-17(11)8-4-10-21-15(20)12-5-2-3-7-16-12;/h2-3,5-7,9,19H,4,8,10H2,1H3;1H. The van der Waals surface area contributed by atoms with Crippen molar-refractivity contribution in [1.29, 1.82) is 0 Å². The number of hydrogen-bond donors (Lipinski definition) is 2. The summed E-state index contributed by atoms with van der Waals surface area (Å²) in [5.74, 6) is -0.737. The van der Waals surface area contributed by atoms with Crippen molar-refractivity contribution in [3.63, 3.8) is 0 Å². The molecule has 0 amide bonds. The number of nitrogens with zero attached hydrogens (tertiary/aromatic N) is 2. The molecule has 0 spiro atoms. The molecule has 2 heterocycles. The fourth-order valence-electron chi connectivity index (χ4n) is 1.87. The van der Waals surface area contributed by atoms with Gasteiger partial charge in [-0.25, -0.2) is 9.78 Å². The van der Waals surface area contributed by atoms with Crippen LogP contribution in [0.5, 0.6) is 11.5 Å². The number of aromatic nitrogens is 2. The SMILES string of the molecule is Cc1c(O)c(O)cc[n+]1CCCOC(=O)c1ccccn1.[Cl-]. The number of aryl methyl sites for hydroxylation is 1. The lowest BCUT2D eigenvalue weighted by atomic mass is 10.3. The number of esters is 1. The van der Waals surface area contributed by atoms with Gasteiger partial charge in [-0.05, 0) is 12.1 Å². The summed E-state index contributed by atoms with van der Waals surface area (Å²) in [5.41, 5.74) is 0.842. The first-order valence-electron chi connectivity index (χ1n) is 6.58. The molecule has 2 aromatic rings. The molecule has 6 nitrogen and oxygen atoms in total. The minimum Gasteiger partial charge on any atom is -1.00 e. The van der Waals surface area contributed by atoms with Gasteiger partial charge < -0.3 is 27.4 Å². The van der Waals surface area contributed by atoms with Gasteiger partial charge in [0.15, 0.2) is 18.5 Å². The van der Waals surface area contributed by atoms with Gasteiger partial charge in [0.05, 0.1) is 6.61 Å². The average molecular weight is 325 g/mol. The van der Waals surface area contributed by atoms with Gasteiger partial charge in [0.25, 0.3) is 0 Å². The highest BCUT2D eigenvalue weighted by Gasteiger charge is 2.15. The number of carbonyl (C=O) groups excluding carboxylic acids is 1. The highest BCUT2D eigenvalue weighted by molar-refractivity contribution is 5.87. The van der Waals surface area contributed by atoms with E-state index in [4.69, 9.17) is 4.74 Å². The monoisotopic (exact) mass is 324 g/mol. The highest BCUT2D eigenvalue weighted by Crippen LogP contribution is 2.24. The van der Waals surface area contributed by atoms with E-state index in [1.165, 1.54) is 12.3 Å². The zero-order valence-corrected chi connectivity index (χ0v) is 12.8. The second-order valence-corrected chi connectivity index (χ2v) is 4.53. The number of aromatic hydroxyl groups is 2. The fourth-order valence-corrected chi connectivity index (χ4v) is 1.87. The van der Waals surface area contributed by atoms with E-state index in [0.29, 0.717) is 18.7 Å². The summed E-state index contributed by atoms with van der Waals surface area (Å²) in [6.07, 6.45) is 3.80. The van der Waals surface area contributed by atoms with Gasteiger partial charge in [0.2, 0.25) is 11.4 Å². The Hall–Kier alpha value is -2.34. The second kappa shape index (κ2) is 8.19. The number of carbonyl (C=O) groups is 1. The molecule has 22 heavy (non-hydrogen) atoms. The number of halogens is 1. The fraction of sp³-hybridized carbons (Fsp3) is 0.267. The van der Waals surface area contributed by atoms with Gasteiger partial charge in [0.1, 0.15) is 5.69 Å². The summed E-state index contributed by atoms with van der Waals surface area (Å²) in [4.78, 5) is 15.6. The van der Waals surface area contributed by atoms with E-state index < -0.39 is 5.97 Å². The van der Waals surface area contributed by atoms with Crippen molar-refractivity contribution in [2.24, 2.45) is 0 Å². The van der Waals surface area contributed by atoms with Crippen molar-refractivity contribution in [3.05, 3.63) is 48.0 Å². The molecule has 0 fully saturated rings. The number of rotatable bonds is 5. The largest absolute Gasteiger partial charge is 1.00 e. The van der Waals surface area contributed by atoms with Gasteiger partial charge in [-0.15, -0.1) is 0 Å². The molecule has 2 N–H and O–H groups in total. The van der Waals surface area contributed by atoms with E-state index in [1.54, 1.807) is 35.9 Å². The minimum absolute atomic E-state index is 0. The molecule has 7 heteroatoms. The Balaban J connectivity index is 0.00000242. The van der Waals surface area contributed by atoms with E-state index >= 15 is 0 Å². The topological polar surface area (TPSA) is 83.5 Å². The molecular weight excluding hydrogens is 308 g/mol. The van der Waals surface area contributed by atoms with Crippen LogP contribution in [0.4, 0.5) is 0 Å². The Kier molecular flexibility index (Phi) is 6.59. The van der Waals surface area contributed by atoms with Gasteiger partial charge in [-0.2, -0.15) is 4.57 Å². The zero-order valence-electron chi connectivity index (χ0n) is 12.1. The Morgan fingerprint density at radius 2 is 2.09 bits per heavy atom. The molecule has 0 unspecified atom stereocenters. The summed E-state index contributed by atoms with van der Waals surface area (Å²) >= 11 is 0. The summed E-state index contributed by atoms with van der Waals surface area (Å²) in [6.45, 7) is 2.52. The molecule has 0 aromatic carbocycles. The quantitative estimate of drug-likeness (QED) is 0.391. The van der Waals surface area contributed by atoms with Crippen LogP contribution in [-0.4, -0.2) is 27.8 Å². The van der Waals surface area contributed by atoms with Crippen LogP contribution in [0.3, 0.4) is 0 Å². The molecule has 2 rings (SSSR count). The van der Waals surface area contributed by atoms with Crippen molar-refractivity contribution in [1.82, 2.24) is 4.98 Å². The Morgan fingerprint density at radius 3 is 2.77 bits per heavy atom. The molecule has 118 valence electrons. The third kappa shape index (κ3) is 4.33. The van der Waals surface area contributed by atoms with E-state index in [-0.39, 0.29) is 36.2 Å². The molecule has 0 saturated heterocycles. The minimum atomic E-state index is -0.453. The maximum atomic E-state index is 11.7. The third-order valence-corrected chi connectivity index (χ3v) is 3.08. The Labute approximate surface area is 134 Å². The maximum Gasteiger partial charge on any atom is 0.356 e. The van der Waals surface area contributed by atoms with Crippen molar-refractivity contribution in [3.8, 4) is 11.5 Å². The average Bonchev–Trinajstić information content (AvgIpc) is 2.51.